The highest BCUT2D eigenvalue weighted by Crippen LogP contribution is 2.54. The van der Waals surface area contributed by atoms with E-state index in [0.29, 0.717) is 5.69 Å². The van der Waals surface area contributed by atoms with Crippen molar-refractivity contribution in [2.75, 3.05) is 32.3 Å². The molecule has 1 atom stereocenters. The zero-order valence-corrected chi connectivity index (χ0v) is 18.5. The fourth-order valence-electron chi connectivity index (χ4n) is 4.15. The topological polar surface area (TPSA) is 134 Å². The molecular formula is C23H24N2O8. The Morgan fingerprint density at radius 1 is 1.15 bits per heavy atom. The zero-order chi connectivity index (χ0) is 24.3. The number of benzene rings is 1. The Hall–Kier alpha value is -4.08. The van der Waals surface area contributed by atoms with Crippen LogP contribution >= 0.6 is 0 Å². The molecule has 2 heterocycles. The molecule has 33 heavy (non-hydrogen) atoms. The normalized spacial score (nSPS) is 19.2. The van der Waals surface area contributed by atoms with Gasteiger partial charge in [0.15, 0.2) is 0 Å². The van der Waals surface area contributed by atoms with Crippen molar-refractivity contribution in [3.8, 4) is 0 Å². The second-order valence-corrected chi connectivity index (χ2v) is 7.08. The molecule has 10 heteroatoms. The minimum atomic E-state index is -2.06. The third kappa shape index (κ3) is 3.53. The summed E-state index contributed by atoms with van der Waals surface area (Å²) in [6.07, 6.45) is 0.970. The van der Waals surface area contributed by atoms with E-state index in [4.69, 9.17) is 24.7 Å². The van der Waals surface area contributed by atoms with E-state index in [1.165, 1.54) is 11.0 Å². The summed E-state index contributed by atoms with van der Waals surface area (Å²) < 4.78 is 20.4. The minimum Gasteiger partial charge on any atom is -0.469 e. The van der Waals surface area contributed by atoms with Gasteiger partial charge in [-0.05, 0) is 13.0 Å². The number of esters is 3. The maximum Gasteiger partial charge on any atom is 0.341 e. The van der Waals surface area contributed by atoms with Crippen LogP contribution in [-0.2, 0) is 43.5 Å². The van der Waals surface area contributed by atoms with Gasteiger partial charge in [0.25, 0.3) is 0 Å². The summed E-state index contributed by atoms with van der Waals surface area (Å²) in [5.74, 6) is -4.08. The van der Waals surface area contributed by atoms with Crippen molar-refractivity contribution in [3.63, 3.8) is 0 Å². The first-order valence-corrected chi connectivity index (χ1v) is 10.1. The monoisotopic (exact) mass is 456 g/mol. The van der Waals surface area contributed by atoms with Gasteiger partial charge in [-0.3, -0.25) is 9.59 Å². The molecule has 1 aromatic rings. The van der Waals surface area contributed by atoms with Crippen LogP contribution < -0.4 is 10.6 Å². The molecule has 3 rings (SSSR count). The fourth-order valence-corrected chi connectivity index (χ4v) is 4.15. The minimum absolute atomic E-state index is 0.0236. The van der Waals surface area contributed by atoms with Crippen LogP contribution in [0.3, 0.4) is 0 Å². The second-order valence-electron chi connectivity index (χ2n) is 7.08. The molecule has 0 aromatic heterocycles. The fraction of sp³-hybridized carbons (Fsp3) is 0.304. The average Bonchev–Trinajstić information content (AvgIpc) is 3.02. The number of hydrogen-bond donors (Lipinski definition) is 1. The van der Waals surface area contributed by atoms with Crippen molar-refractivity contribution in [1.82, 2.24) is 0 Å². The molecule has 1 spiro atoms. The van der Waals surface area contributed by atoms with Crippen LogP contribution in [0.4, 0.5) is 5.69 Å². The number of nitrogens with zero attached hydrogens (tertiary/aromatic N) is 1. The number of fused-ring (bicyclic) bond motifs is 2. The van der Waals surface area contributed by atoms with Crippen molar-refractivity contribution in [3.05, 3.63) is 65.3 Å². The van der Waals surface area contributed by atoms with Crippen LogP contribution in [0.5, 0.6) is 0 Å². The number of amides is 1. The predicted molar refractivity (Wildman–Crippen MR) is 115 cm³/mol. The summed E-state index contributed by atoms with van der Waals surface area (Å²) in [7, 11) is 2.27. The Bertz CT molecular complexity index is 1100. The SMILES string of the molecule is C=CCN1C(=O)[C@@]2(C(C(=O)OCC)=C(N)OC(CC(=O)OC)=C2C(=O)OC)c2ccccc21. The Labute approximate surface area is 190 Å². The first-order chi connectivity index (χ1) is 15.8. The predicted octanol–water partition coefficient (Wildman–Crippen LogP) is 1.21. The molecular weight excluding hydrogens is 432 g/mol. The number of nitrogens with two attached hydrogens (primary N) is 1. The molecule has 1 aromatic carbocycles. The number of methoxy groups -OCH3 is 2. The maximum atomic E-state index is 14.1. The van der Waals surface area contributed by atoms with Gasteiger partial charge < -0.3 is 29.6 Å². The van der Waals surface area contributed by atoms with E-state index in [2.05, 4.69) is 6.58 Å². The molecule has 0 unspecified atom stereocenters. The highest BCUT2D eigenvalue weighted by Gasteiger charge is 2.64. The molecule has 2 N–H and O–H groups in total. The number of anilines is 1. The molecule has 174 valence electrons. The van der Waals surface area contributed by atoms with Gasteiger partial charge in [0.1, 0.15) is 28.7 Å². The largest absolute Gasteiger partial charge is 0.469 e. The molecule has 2 aliphatic rings. The summed E-state index contributed by atoms with van der Waals surface area (Å²) in [4.78, 5) is 53.8. The van der Waals surface area contributed by atoms with Gasteiger partial charge in [-0.25, -0.2) is 9.59 Å². The van der Waals surface area contributed by atoms with E-state index < -0.39 is 41.5 Å². The lowest BCUT2D eigenvalue weighted by molar-refractivity contribution is -0.142. The van der Waals surface area contributed by atoms with Gasteiger partial charge in [0.2, 0.25) is 11.8 Å². The van der Waals surface area contributed by atoms with Gasteiger partial charge >= 0.3 is 17.9 Å². The van der Waals surface area contributed by atoms with Crippen LogP contribution in [0, 0.1) is 0 Å². The van der Waals surface area contributed by atoms with Crippen LogP contribution in [-0.4, -0.2) is 51.2 Å². The van der Waals surface area contributed by atoms with E-state index in [1.807, 2.05) is 0 Å². The number of carbonyl (C=O) groups excluding carboxylic acids is 4. The quantitative estimate of drug-likeness (QED) is 0.365. The highest BCUT2D eigenvalue weighted by molar-refractivity contribution is 6.22. The molecule has 10 nitrogen and oxygen atoms in total. The standard InChI is InChI=1S/C23H24N2O8/c1-5-11-25-14-10-8-7-9-13(14)23(22(25)29)17(20(27)31-4)15(12-16(26)30-3)33-19(24)18(23)21(28)32-6-2/h5,7-10H,1,6,11-12,24H2,2-4H3/t23-/m0/s1. The summed E-state index contributed by atoms with van der Waals surface area (Å²) in [5.41, 5.74) is 4.07. The lowest BCUT2D eigenvalue weighted by Crippen LogP contribution is -2.51. The Morgan fingerprint density at radius 3 is 2.45 bits per heavy atom. The van der Waals surface area contributed by atoms with Gasteiger partial charge in [0, 0.05) is 17.8 Å². The molecule has 2 aliphatic heterocycles. The van der Waals surface area contributed by atoms with Gasteiger partial charge in [0.05, 0.1) is 20.8 Å². The molecule has 0 radical (unpaired) electrons. The number of hydrogen-bond acceptors (Lipinski definition) is 9. The van der Waals surface area contributed by atoms with Crippen molar-refractivity contribution in [2.45, 2.75) is 18.8 Å². The van der Waals surface area contributed by atoms with Crippen LogP contribution in [0.2, 0.25) is 0 Å². The van der Waals surface area contributed by atoms with Crippen molar-refractivity contribution in [1.29, 1.82) is 0 Å². The van der Waals surface area contributed by atoms with E-state index >= 15 is 0 Å². The first-order valence-electron chi connectivity index (χ1n) is 10.1. The average molecular weight is 456 g/mol. The highest BCUT2D eigenvalue weighted by atomic mass is 16.5. The van der Waals surface area contributed by atoms with Gasteiger partial charge in [-0.1, -0.05) is 24.3 Å². The van der Waals surface area contributed by atoms with Crippen molar-refractivity contribution < 1.29 is 38.1 Å². The summed E-state index contributed by atoms with van der Waals surface area (Å²) in [6, 6.07) is 6.60. The molecule has 0 fully saturated rings. The van der Waals surface area contributed by atoms with Gasteiger partial charge in [-0.15, -0.1) is 6.58 Å². The Balaban J connectivity index is 2.47. The number of ether oxygens (including phenoxy) is 4. The molecule has 1 amide bonds. The Morgan fingerprint density at radius 2 is 1.85 bits per heavy atom. The van der Waals surface area contributed by atoms with E-state index in [-0.39, 0.29) is 35.6 Å². The molecule has 0 bridgehead atoms. The number of carbonyl (C=O) groups is 4. The first kappa shape index (κ1) is 23.6. The van der Waals surface area contributed by atoms with Crippen LogP contribution in [0.1, 0.15) is 18.9 Å². The maximum absolute atomic E-state index is 14.1. The molecule has 0 saturated heterocycles. The zero-order valence-electron chi connectivity index (χ0n) is 18.5. The van der Waals surface area contributed by atoms with Crippen molar-refractivity contribution >= 4 is 29.5 Å². The molecule has 0 saturated carbocycles. The van der Waals surface area contributed by atoms with Crippen molar-refractivity contribution in [2.24, 2.45) is 5.73 Å². The van der Waals surface area contributed by atoms with Gasteiger partial charge in [-0.2, -0.15) is 0 Å². The Kier molecular flexibility index (Phi) is 6.57. The number of para-hydroxylation sites is 1. The van der Waals surface area contributed by atoms with E-state index in [1.54, 1.807) is 31.2 Å². The third-order valence-corrected chi connectivity index (χ3v) is 5.39. The summed E-state index contributed by atoms with van der Waals surface area (Å²) in [6.45, 7) is 5.33. The smallest absolute Gasteiger partial charge is 0.341 e. The van der Waals surface area contributed by atoms with Crippen LogP contribution in [0.25, 0.3) is 0 Å². The third-order valence-electron chi connectivity index (χ3n) is 5.39. The number of rotatable bonds is 7. The lowest BCUT2D eigenvalue weighted by Gasteiger charge is -2.36. The van der Waals surface area contributed by atoms with Crippen LogP contribution in [0.15, 0.2) is 59.7 Å². The molecule has 0 aliphatic carbocycles. The summed E-state index contributed by atoms with van der Waals surface area (Å²) in [5, 5.41) is 0. The van der Waals surface area contributed by atoms with E-state index in [0.717, 1.165) is 14.2 Å². The summed E-state index contributed by atoms with van der Waals surface area (Å²) >= 11 is 0. The van der Waals surface area contributed by atoms with E-state index in [9.17, 15) is 19.2 Å². The second kappa shape index (κ2) is 9.19. The lowest BCUT2D eigenvalue weighted by atomic mass is 9.67.